The molecule has 0 amide bonds. The molecule has 1 atom stereocenters. The normalized spacial score (nSPS) is 14.7. The summed E-state index contributed by atoms with van der Waals surface area (Å²) in [5, 5.41) is 0. The molecule has 0 saturated carbocycles. The van der Waals surface area contributed by atoms with Gasteiger partial charge in [0.25, 0.3) is 0 Å². The third-order valence-corrected chi connectivity index (χ3v) is 11.4. The summed E-state index contributed by atoms with van der Waals surface area (Å²) in [6, 6.07) is 24.3. The summed E-state index contributed by atoms with van der Waals surface area (Å²) in [4.78, 5) is 0. The van der Waals surface area contributed by atoms with E-state index >= 15 is 0 Å². The van der Waals surface area contributed by atoms with Crippen molar-refractivity contribution in [2.24, 2.45) is 11.3 Å². The molecule has 1 unspecified atom stereocenters. The Morgan fingerprint density at radius 3 is 1.64 bits per heavy atom. The molecule has 0 nitrogen and oxygen atoms in total. The van der Waals surface area contributed by atoms with Gasteiger partial charge in [0.1, 0.15) is 0 Å². The van der Waals surface area contributed by atoms with Crippen LogP contribution in [-0.4, -0.2) is 3.21 Å². The van der Waals surface area contributed by atoms with E-state index in [1.807, 2.05) is 0 Å². The van der Waals surface area contributed by atoms with Crippen LogP contribution < -0.4 is 24.8 Å². The zero-order valence-electron chi connectivity index (χ0n) is 35.1. The van der Waals surface area contributed by atoms with E-state index in [1.165, 1.54) is 82.5 Å². The van der Waals surface area contributed by atoms with Gasteiger partial charge in [0.05, 0.1) is 0 Å². The number of alkyl halides is 6. The molecule has 0 aromatic heterocycles. The van der Waals surface area contributed by atoms with Crippen LogP contribution >= 0.6 is 0 Å². The molecule has 2 aliphatic rings. The van der Waals surface area contributed by atoms with Crippen LogP contribution in [0, 0.1) is 23.5 Å². The van der Waals surface area contributed by atoms with Gasteiger partial charge in [-0.1, -0.05) is 124 Å². The van der Waals surface area contributed by atoms with Gasteiger partial charge in [0.15, 0.2) is 0 Å². The second-order valence-corrected chi connectivity index (χ2v) is 19.0. The van der Waals surface area contributed by atoms with Crippen LogP contribution in [0.3, 0.4) is 0 Å². The summed E-state index contributed by atoms with van der Waals surface area (Å²) < 4.78 is 76.7. The van der Waals surface area contributed by atoms with E-state index in [9.17, 15) is 26.3 Å². The molecular weight excluding hydrogens is 865 g/mol. The van der Waals surface area contributed by atoms with Crippen LogP contribution in [0.5, 0.6) is 0 Å². The Labute approximate surface area is 370 Å². The second-order valence-electron chi connectivity index (χ2n) is 17.8. The zero-order chi connectivity index (χ0) is 41.9. The maximum absolute atomic E-state index is 12.7. The molecular formula is C49H54Cl2F6Zr-2. The van der Waals surface area contributed by atoms with Crippen LogP contribution in [0.1, 0.15) is 133 Å². The molecule has 0 spiro atoms. The summed E-state index contributed by atoms with van der Waals surface area (Å²) >= 11 is 0.729. The SMILES string of the molecule is CC(C)(C)c1[c-]c2c(cc1)-c1ccc(C(C)(C)C)cc1C2.CCCCC1[C-]=CC(C(C)(C)C)=C1.FC(F)(F)c1cccc([C](=[Zr+2])c2cccc(C(F)(F)F)c2)c1.[Cl-].[Cl-]. The number of benzene rings is 4. The largest absolute Gasteiger partial charge is 1.00 e. The topological polar surface area (TPSA) is 0 Å². The number of halogens is 8. The van der Waals surface area contributed by atoms with E-state index in [2.05, 4.69) is 124 Å². The summed E-state index contributed by atoms with van der Waals surface area (Å²) in [5.41, 5.74) is 9.35. The minimum Gasteiger partial charge on any atom is -1.00 e. The Morgan fingerprint density at radius 2 is 1.19 bits per heavy atom. The van der Waals surface area contributed by atoms with Crippen molar-refractivity contribution in [3.05, 3.63) is 153 Å². The molecule has 312 valence electrons. The Bertz CT molecular complexity index is 1950. The molecule has 0 N–H and O–H groups in total. The Kier molecular flexibility index (Phi) is 17.9. The van der Waals surface area contributed by atoms with Crippen molar-refractivity contribution in [3.8, 4) is 11.1 Å². The summed E-state index contributed by atoms with van der Waals surface area (Å²) in [6.07, 6.45) is 3.93. The minimum absolute atomic E-state index is 0. The number of hydrogen-bond acceptors (Lipinski definition) is 0. The van der Waals surface area contributed by atoms with Crippen molar-refractivity contribution in [2.45, 2.75) is 118 Å². The molecule has 4 aromatic rings. The molecule has 0 heterocycles. The Morgan fingerprint density at radius 1 is 0.655 bits per heavy atom. The molecule has 6 rings (SSSR count). The Balaban J connectivity index is 0.000000305. The first-order chi connectivity index (χ1) is 25.8. The first-order valence-electron chi connectivity index (χ1n) is 19.2. The van der Waals surface area contributed by atoms with Crippen molar-refractivity contribution in [2.75, 3.05) is 0 Å². The van der Waals surface area contributed by atoms with Gasteiger partial charge in [-0.15, -0.1) is 11.1 Å². The third kappa shape index (κ3) is 13.9. The van der Waals surface area contributed by atoms with Gasteiger partial charge < -0.3 is 24.8 Å². The maximum atomic E-state index is 12.7. The average Bonchev–Trinajstić information content (AvgIpc) is 3.74. The van der Waals surface area contributed by atoms with Crippen LogP contribution in [0.15, 0.2) is 96.6 Å². The first kappa shape index (κ1) is 51.4. The van der Waals surface area contributed by atoms with Gasteiger partial charge in [-0.05, 0) is 28.4 Å². The van der Waals surface area contributed by atoms with E-state index in [-0.39, 0.29) is 46.8 Å². The number of unbranched alkanes of at least 4 members (excludes halogenated alkanes) is 1. The summed E-state index contributed by atoms with van der Waals surface area (Å²) in [6.45, 7) is 22.6. The smallest absolute Gasteiger partial charge is 1.00 e. The van der Waals surface area contributed by atoms with Crippen molar-refractivity contribution in [1.82, 2.24) is 0 Å². The fourth-order valence-electron chi connectivity index (χ4n) is 6.46. The van der Waals surface area contributed by atoms with Crippen LogP contribution in [0.25, 0.3) is 11.1 Å². The molecule has 0 fully saturated rings. The molecule has 0 aliphatic heterocycles. The number of hydrogen-bond donors (Lipinski definition) is 0. The van der Waals surface area contributed by atoms with E-state index in [1.54, 1.807) is 0 Å². The zero-order valence-corrected chi connectivity index (χ0v) is 39.1. The van der Waals surface area contributed by atoms with Crippen molar-refractivity contribution in [3.63, 3.8) is 0 Å². The average molecular weight is 919 g/mol. The molecule has 0 saturated heterocycles. The number of allylic oxidation sites excluding steroid dienone is 4. The molecule has 4 aromatic carbocycles. The van der Waals surface area contributed by atoms with Crippen molar-refractivity contribution in [1.29, 1.82) is 0 Å². The molecule has 58 heavy (non-hydrogen) atoms. The van der Waals surface area contributed by atoms with Gasteiger partial charge in [-0.2, -0.15) is 35.4 Å². The minimum atomic E-state index is -4.49. The molecule has 0 radical (unpaired) electrons. The van der Waals surface area contributed by atoms with E-state index in [0.29, 0.717) is 14.5 Å². The number of rotatable bonds is 5. The van der Waals surface area contributed by atoms with E-state index in [4.69, 9.17) is 0 Å². The second kappa shape index (κ2) is 20.2. The van der Waals surface area contributed by atoms with Gasteiger partial charge in [0, 0.05) is 0 Å². The predicted octanol–water partition coefficient (Wildman–Crippen LogP) is 8.64. The summed E-state index contributed by atoms with van der Waals surface area (Å²) in [7, 11) is 0. The van der Waals surface area contributed by atoms with E-state index in [0.717, 1.165) is 54.9 Å². The standard InChI is InChI=1S/C21H25.C15H8F6.C13H21.2ClH.Zr/c1-20(2,3)16-7-9-18-14(12-16)11-15-13-17(21(4,5)6)8-10-19(15)18;16-14(17,18)12-5-1-3-10(8-12)7-11-4-2-6-13(9-11)15(19,20)21;1-5-6-7-11-8-9-12(10-11)13(2,3)4;;;/h7-10,12H,11H2,1-6H3;1-6,8-9H;9-11H,5-7H2,1-4H3;2*1H;/q-1;;-1;;;+2/p-2. The molecule has 0 bridgehead atoms. The van der Waals surface area contributed by atoms with Gasteiger partial charge in [-0.3, -0.25) is 6.08 Å². The van der Waals surface area contributed by atoms with Crippen LogP contribution in [0.2, 0.25) is 0 Å². The van der Waals surface area contributed by atoms with Crippen molar-refractivity contribution >= 4 is 3.21 Å². The first-order valence-corrected chi connectivity index (χ1v) is 20.5. The van der Waals surface area contributed by atoms with Crippen LogP contribution in [-0.2, 0) is 53.8 Å². The predicted molar refractivity (Wildman–Crippen MR) is 215 cm³/mol. The maximum Gasteiger partial charge on any atom is -1.00 e. The van der Waals surface area contributed by atoms with Gasteiger partial charge in [0.2, 0.25) is 0 Å². The number of fused-ring (bicyclic) bond motifs is 3. The monoisotopic (exact) mass is 916 g/mol. The molecule has 9 heteroatoms. The quantitative estimate of drug-likeness (QED) is 0.123. The summed E-state index contributed by atoms with van der Waals surface area (Å²) in [5.74, 6) is 0.592. The van der Waals surface area contributed by atoms with Crippen LogP contribution in [0.4, 0.5) is 26.3 Å². The molecule has 2 aliphatic carbocycles. The fourth-order valence-corrected chi connectivity index (χ4v) is 7.23. The fraction of sp³-hybridized carbons (Fsp3) is 0.408. The Hall–Kier alpha value is -2.73. The third-order valence-electron chi connectivity index (χ3n) is 9.99. The van der Waals surface area contributed by atoms with Gasteiger partial charge in [-0.25, -0.2) is 6.08 Å². The van der Waals surface area contributed by atoms with E-state index < -0.39 is 23.5 Å². The van der Waals surface area contributed by atoms with Gasteiger partial charge >= 0.3 is 137 Å². The van der Waals surface area contributed by atoms with Crippen molar-refractivity contribution < 1.29 is 75.4 Å².